The first-order valence-corrected chi connectivity index (χ1v) is 7.10. The van der Waals surface area contributed by atoms with Crippen LogP contribution in [0.4, 0.5) is 4.39 Å². The maximum absolute atomic E-state index is 13.5. The predicted molar refractivity (Wildman–Crippen MR) is 74.9 cm³/mol. The van der Waals surface area contributed by atoms with Crippen LogP contribution in [0, 0.1) is 5.82 Å². The number of ether oxygens (including phenoxy) is 1. The van der Waals surface area contributed by atoms with Gasteiger partial charge in [-0.1, -0.05) is 33.6 Å². The number of hydrogen-bond acceptors (Lipinski definition) is 3. The van der Waals surface area contributed by atoms with Crippen LogP contribution in [-0.4, -0.2) is 28.5 Å². The molecule has 0 radical (unpaired) electrons. The SMILES string of the molecule is COCCn1c(CBr)nnc1-c1cccc(F)c1Cl. The summed E-state index contributed by atoms with van der Waals surface area (Å²) in [6.45, 7) is 1.09. The summed E-state index contributed by atoms with van der Waals surface area (Å²) in [5.41, 5.74) is 0.525. The highest BCUT2D eigenvalue weighted by Gasteiger charge is 2.17. The molecule has 0 saturated carbocycles. The van der Waals surface area contributed by atoms with Gasteiger partial charge in [0.25, 0.3) is 0 Å². The second-order valence-electron chi connectivity index (χ2n) is 3.82. The average molecular weight is 349 g/mol. The van der Waals surface area contributed by atoms with Crippen LogP contribution in [0.15, 0.2) is 18.2 Å². The summed E-state index contributed by atoms with van der Waals surface area (Å²) in [6.07, 6.45) is 0. The van der Waals surface area contributed by atoms with Gasteiger partial charge in [-0.05, 0) is 12.1 Å². The van der Waals surface area contributed by atoms with E-state index in [1.54, 1.807) is 19.2 Å². The van der Waals surface area contributed by atoms with Crippen molar-refractivity contribution in [2.75, 3.05) is 13.7 Å². The van der Waals surface area contributed by atoms with Gasteiger partial charge in [0.2, 0.25) is 0 Å². The minimum absolute atomic E-state index is 0.0506. The molecule has 0 aliphatic heterocycles. The number of hydrogen-bond donors (Lipinski definition) is 0. The van der Waals surface area contributed by atoms with Crippen molar-refractivity contribution in [1.29, 1.82) is 0 Å². The third-order valence-electron chi connectivity index (χ3n) is 2.66. The molecule has 1 aromatic carbocycles. The molecule has 1 aromatic heterocycles. The Bertz CT molecular complexity index is 576. The quantitative estimate of drug-likeness (QED) is 0.779. The van der Waals surface area contributed by atoms with E-state index in [1.807, 2.05) is 4.57 Å². The van der Waals surface area contributed by atoms with Gasteiger partial charge in [-0.3, -0.25) is 0 Å². The van der Waals surface area contributed by atoms with Crippen LogP contribution < -0.4 is 0 Å². The molecule has 0 fully saturated rings. The standard InChI is InChI=1S/C12H12BrClFN3O/c1-19-6-5-18-10(7-13)16-17-12(18)8-3-2-4-9(15)11(8)14/h2-4H,5-7H2,1H3. The molecule has 1 heterocycles. The largest absolute Gasteiger partial charge is 0.383 e. The van der Waals surface area contributed by atoms with Gasteiger partial charge in [-0.2, -0.15) is 0 Å². The summed E-state index contributed by atoms with van der Waals surface area (Å²) >= 11 is 9.34. The molecule has 0 aliphatic carbocycles. The lowest BCUT2D eigenvalue weighted by atomic mass is 10.2. The monoisotopic (exact) mass is 347 g/mol. The van der Waals surface area contributed by atoms with Crippen molar-refractivity contribution in [3.63, 3.8) is 0 Å². The lowest BCUT2D eigenvalue weighted by Crippen LogP contribution is -2.09. The molecule has 0 aliphatic rings. The number of aromatic nitrogens is 3. The minimum Gasteiger partial charge on any atom is -0.383 e. The lowest BCUT2D eigenvalue weighted by molar-refractivity contribution is 0.187. The summed E-state index contributed by atoms with van der Waals surface area (Å²) in [6, 6.07) is 4.63. The van der Waals surface area contributed by atoms with Crippen LogP contribution in [0.5, 0.6) is 0 Å². The van der Waals surface area contributed by atoms with E-state index in [9.17, 15) is 4.39 Å². The van der Waals surface area contributed by atoms with E-state index in [0.717, 1.165) is 5.82 Å². The zero-order valence-electron chi connectivity index (χ0n) is 10.2. The predicted octanol–water partition coefficient (Wildman–Crippen LogP) is 3.28. The first kappa shape index (κ1) is 14.4. The zero-order chi connectivity index (χ0) is 13.8. The Labute approximate surface area is 123 Å². The third kappa shape index (κ3) is 2.96. The van der Waals surface area contributed by atoms with E-state index >= 15 is 0 Å². The van der Waals surface area contributed by atoms with Crippen molar-refractivity contribution in [2.45, 2.75) is 11.9 Å². The normalized spacial score (nSPS) is 10.9. The van der Waals surface area contributed by atoms with Crippen LogP contribution in [-0.2, 0) is 16.6 Å². The lowest BCUT2D eigenvalue weighted by Gasteiger charge is -2.10. The topological polar surface area (TPSA) is 39.9 Å². The molecule has 2 rings (SSSR count). The molecule has 7 heteroatoms. The van der Waals surface area contributed by atoms with E-state index < -0.39 is 5.82 Å². The highest BCUT2D eigenvalue weighted by molar-refractivity contribution is 9.08. The molecule has 4 nitrogen and oxygen atoms in total. The molecule has 0 unspecified atom stereocenters. The molecule has 102 valence electrons. The van der Waals surface area contributed by atoms with Gasteiger partial charge in [-0.15, -0.1) is 10.2 Å². The van der Waals surface area contributed by atoms with Gasteiger partial charge in [-0.25, -0.2) is 4.39 Å². The van der Waals surface area contributed by atoms with Crippen LogP contribution in [0.3, 0.4) is 0 Å². The molecule has 0 atom stereocenters. The van der Waals surface area contributed by atoms with E-state index in [0.29, 0.717) is 29.9 Å². The highest BCUT2D eigenvalue weighted by atomic mass is 79.9. The molecule has 0 saturated heterocycles. The number of alkyl halides is 1. The van der Waals surface area contributed by atoms with E-state index in [1.165, 1.54) is 6.07 Å². The fourth-order valence-electron chi connectivity index (χ4n) is 1.73. The van der Waals surface area contributed by atoms with Gasteiger partial charge in [0, 0.05) is 19.2 Å². The zero-order valence-corrected chi connectivity index (χ0v) is 12.6. The Kier molecular flexibility index (Phi) is 4.90. The molecule has 0 bridgehead atoms. The average Bonchev–Trinajstić information content (AvgIpc) is 2.82. The van der Waals surface area contributed by atoms with Gasteiger partial charge >= 0.3 is 0 Å². The van der Waals surface area contributed by atoms with Crippen molar-refractivity contribution in [2.24, 2.45) is 0 Å². The number of halogens is 3. The summed E-state index contributed by atoms with van der Waals surface area (Å²) in [7, 11) is 1.62. The Morgan fingerprint density at radius 2 is 2.21 bits per heavy atom. The molecule has 0 amide bonds. The summed E-state index contributed by atoms with van der Waals surface area (Å²) in [4.78, 5) is 0. The maximum Gasteiger partial charge on any atom is 0.165 e. The fraction of sp³-hybridized carbons (Fsp3) is 0.333. The van der Waals surface area contributed by atoms with Crippen molar-refractivity contribution in [3.8, 4) is 11.4 Å². The first-order chi connectivity index (χ1) is 9.19. The molecule has 19 heavy (non-hydrogen) atoms. The van der Waals surface area contributed by atoms with Crippen LogP contribution in [0.25, 0.3) is 11.4 Å². The summed E-state index contributed by atoms with van der Waals surface area (Å²) in [5.74, 6) is 0.809. The van der Waals surface area contributed by atoms with Crippen molar-refractivity contribution in [1.82, 2.24) is 14.8 Å². The van der Waals surface area contributed by atoms with Gasteiger partial charge in [0.1, 0.15) is 11.6 Å². The van der Waals surface area contributed by atoms with Gasteiger partial charge < -0.3 is 9.30 Å². The third-order valence-corrected chi connectivity index (χ3v) is 3.54. The number of rotatable bonds is 5. The van der Waals surface area contributed by atoms with E-state index in [2.05, 4.69) is 26.1 Å². The first-order valence-electron chi connectivity index (χ1n) is 5.60. The van der Waals surface area contributed by atoms with Crippen molar-refractivity contribution >= 4 is 27.5 Å². The second-order valence-corrected chi connectivity index (χ2v) is 4.76. The molecule has 0 spiro atoms. The minimum atomic E-state index is -0.471. The summed E-state index contributed by atoms with van der Waals surface area (Å²) < 4.78 is 20.4. The van der Waals surface area contributed by atoms with Crippen LogP contribution >= 0.6 is 27.5 Å². The Hall–Kier alpha value is -0.980. The maximum atomic E-state index is 13.5. The molecular formula is C12H12BrClFN3O. The molecule has 0 N–H and O–H groups in total. The molecule has 2 aromatic rings. The fourth-order valence-corrected chi connectivity index (χ4v) is 2.35. The Balaban J connectivity index is 2.49. The van der Waals surface area contributed by atoms with E-state index in [-0.39, 0.29) is 5.02 Å². The van der Waals surface area contributed by atoms with Crippen molar-refractivity contribution in [3.05, 3.63) is 34.9 Å². The Morgan fingerprint density at radius 1 is 1.42 bits per heavy atom. The number of benzene rings is 1. The van der Waals surface area contributed by atoms with Gasteiger partial charge in [0.05, 0.1) is 17.0 Å². The second kappa shape index (κ2) is 6.45. The van der Waals surface area contributed by atoms with Gasteiger partial charge in [0.15, 0.2) is 5.82 Å². The summed E-state index contributed by atoms with van der Waals surface area (Å²) in [5, 5.41) is 8.76. The molecular weight excluding hydrogens is 337 g/mol. The smallest absolute Gasteiger partial charge is 0.165 e. The number of methoxy groups -OCH3 is 1. The highest BCUT2D eigenvalue weighted by Crippen LogP contribution is 2.29. The number of nitrogens with zero attached hydrogens (tertiary/aromatic N) is 3. The van der Waals surface area contributed by atoms with Crippen LogP contribution in [0.1, 0.15) is 5.82 Å². The van der Waals surface area contributed by atoms with Crippen LogP contribution in [0.2, 0.25) is 5.02 Å². The Morgan fingerprint density at radius 3 is 2.89 bits per heavy atom. The van der Waals surface area contributed by atoms with Crippen molar-refractivity contribution < 1.29 is 9.13 Å². The van der Waals surface area contributed by atoms with E-state index in [4.69, 9.17) is 16.3 Å².